The minimum Gasteiger partial charge on any atom is -0.496 e. The third-order valence-corrected chi connectivity index (χ3v) is 2.77. The van der Waals surface area contributed by atoms with Crippen molar-refractivity contribution in [3.63, 3.8) is 0 Å². The first-order valence-corrected chi connectivity index (χ1v) is 6.34. The van der Waals surface area contributed by atoms with Crippen LogP contribution in [0, 0.1) is 0 Å². The number of benzene rings is 1. The Morgan fingerprint density at radius 2 is 2.00 bits per heavy atom. The van der Waals surface area contributed by atoms with E-state index in [9.17, 15) is 9.59 Å². The van der Waals surface area contributed by atoms with Crippen molar-refractivity contribution in [3.8, 4) is 5.75 Å². The zero-order chi connectivity index (χ0) is 15.8. The molecule has 0 fully saturated rings. The van der Waals surface area contributed by atoms with E-state index in [1.807, 2.05) is 0 Å². The number of rotatable bonds is 8. The summed E-state index contributed by atoms with van der Waals surface area (Å²) in [4.78, 5) is 22.7. The molecule has 0 aliphatic heterocycles. The van der Waals surface area contributed by atoms with E-state index in [2.05, 4.69) is 5.32 Å². The number of ether oxygens (including phenoxy) is 3. The molecule has 0 aliphatic carbocycles. The van der Waals surface area contributed by atoms with Gasteiger partial charge in [0.1, 0.15) is 17.9 Å². The number of hydrogen-bond donors (Lipinski definition) is 2. The molecular weight excluding hydrogens is 302 g/mol. The normalized spacial score (nSPS) is 10.2. The van der Waals surface area contributed by atoms with Crippen molar-refractivity contribution < 1.29 is 28.9 Å². The van der Waals surface area contributed by atoms with Crippen molar-refractivity contribution in [1.29, 1.82) is 0 Å². The van der Waals surface area contributed by atoms with Crippen LogP contribution in [-0.2, 0) is 14.3 Å². The Kier molecular flexibility index (Phi) is 6.93. The summed E-state index contributed by atoms with van der Waals surface area (Å²) in [6.07, 6.45) is 0. The highest BCUT2D eigenvalue weighted by Gasteiger charge is 2.16. The van der Waals surface area contributed by atoms with Crippen LogP contribution < -0.4 is 10.1 Å². The number of amides is 1. The maximum absolute atomic E-state index is 11.7. The summed E-state index contributed by atoms with van der Waals surface area (Å²) in [5, 5.41) is 11.6. The van der Waals surface area contributed by atoms with Gasteiger partial charge in [0.2, 0.25) is 5.91 Å². The van der Waals surface area contributed by atoms with E-state index in [0.717, 1.165) is 0 Å². The van der Waals surface area contributed by atoms with E-state index >= 15 is 0 Å². The van der Waals surface area contributed by atoms with Crippen molar-refractivity contribution in [2.24, 2.45) is 0 Å². The molecule has 1 aromatic rings. The molecule has 0 bridgehead atoms. The lowest BCUT2D eigenvalue weighted by molar-refractivity contribution is -0.121. The molecule has 0 radical (unpaired) electrons. The van der Waals surface area contributed by atoms with Crippen LogP contribution in [-0.4, -0.2) is 51.0 Å². The molecule has 0 aromatic heterocycles. The van der Waals surface area contributed by atoms with Gasteiger partial charge in [0, 0.05) is 13.2 Å². The van der Waals surface area contributed by atoms with Crippen LogP contribution in [0.5, 0.6) is 5.75 Å². The minimum absolute atomic E-state index is 0.0863. The van der Waals surface area contributed by atoms with Gasteiger partial charge in [0.05, 0.1) is 31.0 Å². The summed E-state index contributed by atoms with van der Waals surface area (Å²) in [5.74, 6) is -1.49. The first-order valence-electron chi connectivity index (χ1n) is 5.97. The van der Waals surface area contributed by atoms with Crippen molar-refractivity contribution in [2.45, 2.75) is 0 Å². The Bertz CT molecular complexity index is 520. The van der Waals surface area contributed by atoms with Gasteiger partial charge in [-0.3, -0.25) is 4.79 Å². The Hall–Kier alpha value is -1.83. The number of carbonyl (C=O) groups is 2. The van der Waals surface area contributed by atoms with E-state index < -0.39 is 11.9 Å². The average molecular weight is 318 g/mol. The molecule has 8 heteroatoms. The molecule has 0 unspecified atom stereocenters. The van der Waals surface area contributed by atoms with Crippen LogP contribution in [0.15, 0.2) is 12.1 Å². The minimum atomic E-state index is -1.17. The second kappa shape index (κ2) is 8.46. The lowest BCUT2D eigenvalue weighted by atomic mass is 10.2. The fraction of sp³-hybridized carbons (Fsp3) is 0.385. The molecule has 7 nitrogen and oxygen atoms in total. The smallest absolute Gasteiger partial charge is 0.339 e. The monoisotopic (exact) mass is 317 g/mol. The number of carbonyl (C=O) groups excluding carboxylic acids is 1. The zero-order valence-corrected chi connectivity index (χ0v) is 12.4. The van der Waals surface area contributed by atoms with Gasteiger partial charge in [-0.15, -0.1) is 0 Å². The van der Waals surface area contributed by atoms with Gasteiger partial charge in [0.15, 0.2) is 0 Å². The van der Waals surface area contributed by atoms with Gasteiger partial charge < -0.3 is 24.6 Å². The number of nitrogens with one attached hydrogen (secondary N) is 1. The van der Waals surface area contributed by atoms with Crippen LogP contribution in [0.2, 0.25) is 5.02 Å². The van der Waals surface area contributed by atoms with Crippen LogP contribution in [0.1, 0.15) is 10.4 Å². The number of halogens is 1. The van der Waals surface area contributed by atoms with Crippen LogP contribution in [0.3, 0.4) is 0 Å². The van der Waals surface area contributed by atoms with Gasteiger partial charge in [0.25, 0.3) is 0 Å². The quantitative estimate of drug-likeness (QED) is 0.708. The van der Waals surface area contributed by atoms with Crippen LogP contribution in [0.4, 0.5) is 5.69 Å². The van der Waals surface area contributed by atoms with Crippen molar-refractivity contribution in [1.82, 2.24) is 0 Å². The molecule has 0 saturated carbocycles. The van der Waals surface area contributed by atoms with Gasteiger partial charge in [-0.05, 0) is 6.07 Å². The maximum atomic E-state index is 11.7. The molecule has 2 N–H and O–H groups in total. The summed E-state index contributed by atoms with van der Waals surface area (Å²) in [5.41, 5.74) is 0.163. The predicted octanol–water partition coefficient (Wildman–Crippen LogP) is 1.65. The fourth-order valence-corrected chi connectivity index (χ4v) is 1.69. The molecule has 116 valence electrons. The molecule has 0 heterocycles. The van der Waals surface area contributed by atoms with E-state index in [-0.39, 0.29) is 28.6 Å². The van der Waals surface area contributed by atoms with E-state index in [0.29, 0.717) is 13.2 Å². The number of methoxy groups -OCH3 is 2. The Morgan fingerprint density at radius 1 is 1.29 bits per heavy atom. The van der Waals surface area contributed by atoms with Crippen molar-refractivity contribution in [3.05, 3.63) is 22.7 Å². The Morgan fingerprint density at radius 3 is 2.57 bits per heavy atom. The van der Waals surface area contributed by atoms with Crippen LogP contribution >= 0.6 is 11.6 Å². The van der Waals surface area contributed by atoms with Crippen molar-refractivity contribution in [2.75, 3.05) is 39.4 Å². The number of anilines is 1. The Balaban J connectivity index is 2.75. The number of aromatic carboxylic acids is 1. The van der Waals surface area contributed by atoms with Gasteiger partial charge >= 0.3 is 5.97 Å². The second-order valence-electron chi connectivity index (χ2n) is 3.93. The molecule has 1 amide bonds. The van der Waals surface area contributed by atoms with Crippen molar-refractivity contribution >= 4 is 29.2 Å². The highest BCUT2D eigenvalue weighted by molar-refractivity contribution is 6.34. The number of hydrogen-bond acceptors (Lipinski definition) is 5. The highest BCUT2D eigenvalue weighted by Crippen LogP contribution is 2.30. The third-order valence-electron chi connectivity index (χ3n) is 2.46. The Labute approximate surface area is 126 Å². The molecule has 1 aromatic carbocycles. The van der Waals surface area contributed by atoms with E-state index in [1.54, 1.807) is 0 Å². The van der Waals surface area contributed by atoms with Gasteiger partial charge in [-0.1, -0.05) is 11.6 Å². The second-order valence-corrected chi connectivity index (χ2v) is 4.34. The zero-order valence-electron chi connectivity index (χ0n) is 11.6. The topological polar surface area (TPSA) is 94.1 Å². The summed E-state index contributed by atoms with van der Waals surface area (Å²) >= 11 is 5.94. The molecule has 1 rings (SSSR count). The van der Waals surface area contributed by atoms with Crippen LogP contribution in [0.25, 0.3) is 0 Å². The molecule has 0 atom stereocenters. The molecule has 21 heavy (non-hydrogen) atoms. The average Bonchev–Trinajstić information content (AvgIpc) is 2.45. The summed E-state index contributed by atoms with van der Waals surface area (Å²) < 4.78 is 14.8. The summed E-state index contributed by atoms with van der Waals surface area (Å²) in [6, 6.07) is 2.56. The largest absolute Gasteiger partial charge is 0.496 e. The first kappa shape index (κ1) is 17.2. The molecular formula is C13H16ClNO6. The summed E-state index contributed by atoms with van der Waals surface area (Å²) in [6.45, 7) is 0.511. The van der Waals surface area contributed by atoms with Gasteiger partial charge in [-0.25, -0.2) is 4.79 Å². The molecule has 0 aliphatic rings. The third kappa shape index (κ3) is 5.22. The van der Waals surface area contributed by atoms with Gasteiger partial charge in [-0.2, -0.15) is 0 Å². The maximum Gasteiger partial charge on any atom is 0.339 e. The van der Waals surface area contributed by atoms with E-state index in [4.69, 9.17) is 30.9 Å². The lowest BCUT2D eigenvalue weighted by Gasteiger charge is -2.11. The fourth-order valence-electron chi connectivity index (χ4n) is 1.48. The standard InChI is InChI=1S/C13H16ClNO6/c1-19-3-4-21-7-12(16)15-10-6-11(20-2)8(13(17)18)5-9(10)14/h5-6H,3-4,7H2,1-2H3,(H,15,16)(H,17,18). The SMILES string of the molecule is COCCOCC(=O)Nc1cc(OC)c(C(=O)O)cc1Cl. The molecule has 0 saturated heterocycles. The first-order chi connectivity index (χ1) is 9.99. The summed E-state index contributed by atoms with van der Waals surface area (Å²) in [7, 11) is 2.86. The highest BCUT2D eigenvalue weighted by atomic mass is 35.5. The van der Waals surface area contributed by atoms with E-state index in [1.165, 1.54) is 26.4 Å². The molecule has 0 spiro atoms. The number of carboxylic acid groups (broad SMARTS) is 1. The lowest BCUT2D eigenvalue weighted by Crippen LogP contribution is -2.20. The number of carboxylic acids is 1. The predicted molar refractivity (Wildman–Crippen MR) is 76.3 cm³/mol.